The SMILES string of the molecule is C=Nc1ccc(Br)cc1Oc1ccc(F)c2c1CC[C@H]2Oc1ccc2c(c1)OC[C@H]2CC(=O)O. The molecule has 1 aliphatic heterocycles. The average molecular weight is 526 g/mol. The second-order valence-corrected chi connectivity index (χ2v) is 9.18. The molecule has 174 valence electrons. The summed E-state index contributed by atoms with van der Waals surface area (Å²) in [7, 11) is 0. The van der Waals surface area contributed by atoms with Crippen molar-refractivity contribution in [1.29, 1.82) is 0 Å². The Bertz CT molecular complexity index is 1290. The Morgan fingerprint density at radius 3 is 2.85 bits per heavy atom. The van der Waals surface area contributed by atoms with Crippen molar-refractivity contribution >= 4 is 34.3 Å². The molecule has 0 spiro atoms. The van der Waals surface area contributed by atoms with Crippen molar-refractivity contribution in [2.24, 2.45) is 4.99 Å². The summed E-state index contributed by atoms with van der Waals surface area (Å²) < 4.78 is 33.7. The van der Waals surface area contributed by atoms with Gasteiger partial charge in [-0.15, -0.1) is 0 Å². The Balaban J connectivity index is 1.40. The molecule has 0 fully saturated rings. The van der Waals surface area contributed by atoms with Crippen molar-refractivity contribution in [3.63, 3.8) is 0 Å². The van der Waals surface area contributed by atoms with Crippen LogP contribution in [0.2, 0.25) is 0 Å². The van der Waals surface area contributed by atoms with Crippen LogP contribution in [0, 0.1) is 5.82 Å². The van der Waals surface area contributed by atoms with Gasteiger partial charge in [-0.3, -0.25) is 9.79 Å². The highest BCUT2D eigenvalue weighted by Gasteiger charge is 2.32. The molecule has 1 aliphatic carbocycles. The van der Waals surface area contributed by atoms with Gasteiger partial charge < -0.3 is 19.3 Å². The summed E-state index contributed by atoms with van der Waals surface area (Å²) in [6.07, 6.45) is 0.725. The lowest BCUT2D eigenvalue weighted by atomic mass is 9.98. The maximum absolute atomic E-state index is 14.9. The number of carbonyl (C=O) groups is 1. The quantitative estimate of drug-likeness (QED) is 0.346. The van der Waals surface area contributed by atoms with Gasteiger partial charge in [-0.05, 0) is 56.0 Å². The molecule has 0 amide bonds. The number of carboxylic acids is 1. The van der Waals surface area contributed by atoms with Crippen molar-refractivity contribution in [2.75, 3.05) is 6.61 Å². The number of carboxylic acid groups (broad SMARTS) is 1. The molecule has 1 heterocycles. The number of benzene rings is 3. The number of fused-ring (bicyclic) bond motifs is 2. The number of rotatable bonds is 7. The van der Waals surface area contributed by atoms with E-state index in [0.717, 1.165) is 15.6 Å². The molecule has 3 aromatic rings. The monoisotopic (exact) mass is 525 g/mol. The lowest BCUT2D eigenvalue weighted by Crippen LogP contribution is -2.07. The number of hydrogen-bond donors (Lipinski definition) is 1. The molecule has 0 saturated heterocycles. The summed E-state index contributed by atoms with van der Waals surface area (Å²) in [6, 6.07) is 13.8. The molecule has 0 unspecified atom stereocenters. The molecule has 0 aromatic heterocycles. The van der Waals surface area contributed by atoms with Crippen molar-refractivity contribution in [3.8, 4) is 23.0 Å². The van der Waals surface area contributed by atoms with E-state index in [0.29, 0.717) is 53.7 Å². The van der Waals surface area contributed by atoms with E-state index in [-0.39, 0.29) is 18.2 Å². The minimum Gasteiger partial charge on any atom is -0.492 e. The summed E-state index contributed by atoms with van der Waals surface area (Å²) in [6.45, 7) is 3.91. The molecule has 8 heteroatoms. The lowest BCUT2D eigenvalue weighted by molar-refractivity contribution is -0.137. The first-order valence-electron chi connectivity index (χ1n) is 10.8. The molecule has 3 aromatic carbocycles. The first-order valence-corrected chi connectivity index (χ1v) is 11.6. The fourth-order valence-electron chi connectivity index (χ4n) is 4.55. The smallest absolute Gasteiger partial charge is 0.304 e. The van der Waals surface area contributed by atoms with Crippen LogP contribution in [0.15, 0.2) is 58.0 Å². The van der Waals surface area contributed by atoms with Crippen LogP contribution in [-0.2, 0) is 11.2 Å². The molecule has 2 aliphatic rings. The Morgan fingerprint density at radius 1 is 1.21 bits per heavy atom. The van der Waals surface area contributed by atoms with E-state index in [2.05, 4.69) is 27.6 Å². The number of hydrogen-bond acceptors (Lipinski definition) is 5. The molecule has 2 atom stereocenters. The molecule has 0 radical (unpaired) electrons. The number of nitrogens with zero attached hydrogens (tertiary/aromatic N) is 1. The molecule has 0 bridgehead atoms. The zero-order valence-electron chi connectivity index (χ0n) is 18.1. The number of halogens is 2. The predicted octanol–water partition coefficient (Wildman–Crippen LogP) is 6.73. The average Bonchev–Trinajstić information content (AvgIpc) is 3.40. The standard InChI is InChI=1S/C26H21BrFNO5/c1-29-20-7-2-15(27)11-24(20)34-21-9-6-19(28)26-18(21)5-8-22(26)33-16-3-4-17-14(10-25(30)31)13-32-23(17)12-16/h2-4,6-7,9,11-12,14,22H,1,5,8,10,13H2,(H,30,31)/t14-,22-/m1/s1. The Kier molecular flexibility index (Phi) is 6.00. The van der Waals surface area contributed by atoms with E-state index in [1.807, 2.05) is 12.1 Å². The van der Waals surface area contributed by atoms with Crippen LogP contribution >= 0.6 is 15.9 Å². The van der Waals surface area contributed by atoms with Crippen LogP contribution in [0.4, 0.5) is 10.1 Å². The second-order valence-electron chi connectivity index (χ2n) is 8.26. The lowest BCUT2D eigenvalue weighted by Gasteiger charge is -2.17. The Morgan fingerprint density at radius 2 is 2.06 bits per heavy atom. The highest BCUT2D eigenvalue weighted by atomic mass is 79.9. The zero-order valence-corrected chi connectivity index (χ0v) is 19.7. The van der Waals surface area contributed by atoms with Crippen molar-refractivity contribution in [1.82, 2.24) is 0 Å². The van der Waals surface area contributed by atoms with Crippen molar-refractivity contribution < 1.29 is 28.5 Å². The van der Waals surface area contributed by atoms with Gasteiger partial charge in [0.1, 0.15) is 34.9 Å². The highest BCUT2D eigenvalue weighted by molar-refractivity contribution is 9.10. The van der Waals surface area contributed by atoms with Crippen molar-refractivity contribution in [3.05, 3.63) is 75.5 Å². The van der Waals surface area contributed by atoms with Gasteiger partial charge in [-0.1, -0.05) is 22.0 Å². The number of aliphatic imine (C=N–C) groups is 1. The molecule has 1 N–H and O–H groups in total. The molecule has 5 rings (SSSR count). The summed E-state index contributed by atoms with van der Waals surface area (Å²) in [5, 5.41) is 9.08. The van der Waals surface area contributed by atoms with E-state index in [1.165, 1.54) is 6.07 Å². The van der Waals surface area contributed by atoms with Gasteiger partial charge in [0.05, 0.1) is 13.0 Å². The van der Waals surface area contributed by atoms with Crippen molar-refractivity contribution in [2.45, 2.75) is 31.3 Å². The van der Waals surface area contributed by atoms with E-state index in [1.54, 1.807) is 30.3 Å². The van der Waals surface area contributed by atoms with Gasteiger partial charge in [0.15, 0.2) is 5.75 Å². The number of aliphatic carboxylic acids is 1. The minimum atomic E-state index is -0.864. The topological polar surface area (TPSA) is 77.3 Å². The molecule has 6 nitrogen and oxygen atoms in total. The maximum atomic E-state index is 14.9. The minimum absolute atomic E-state index is 0.0122. The predicted molar refractivity (Wildman–Crippen MR) is 128 cm³/mol. The van der Waals surface area contributed by atoms with Gasteiger partial charge in [0.2, 0.25) is 0 Å². The third-order valence-electron chi connectivity index (χ3n) is 6.12. The highest BCUT2D eigenvalue weighted by Crippen LogP contribution is 2.45. The van der Waals surface area contributed by atoms with E-state index >= 15 is 0 Å². The normalized spacial score (nSPS) is 18.1. The van der Waals surface area contributed by atoms with Crippen LogP contribution in [-0.4, -0.2) is 24.4 Å². The Labute approximate surface area is 204 Å². The van der Waals surface area contributed by atoms with Crippen LogP contribution in [0.1, 0.15) is 41.6 Å². The molecule has 0 saturated carbocycles. The van der Waals surface area contributed by atoms with Gasteiger partial charge in [-0.25, -0.2) is 4.39 Å². The third kappa shape index (κ3) is 4.25. The van der Waals surface area contributed by atoms with E-state index < -0.39 is 12.1 Å². The van der Waals surface area contributed by atoms with Crippen LogP contribution < -0.4 is 14.2 Å². The largest absolute Gasteiger partial charge is 0.492 e. The first kappa shape index (κ1) is 22.4. The Hall–Kier alpha value is -3.39. The molecule has 34 heavy (non-hydrogen) atoms. The summed E-state index contributed by atoms with van der Waals surface area (Å²) >= 11 is 3.43. The summed E-state index contributed by atoms with van der Waals surface area (Å²) in [5.41, 5.74) is 2.68. The summed E-state index contributed by atoms with van der Waals surface area (Å²) in [4.78, 5) is 15.1. The second kappa shape index (κ2) is 9.10. The van der Waals surface area contributed by atoms with Crippen LogP contribution in [0.5, 0.6) is 23.0 Å². The third-order valence-corrected chi connectivity index (χ3v) is 6.61. The first-order chi connectivity index (χ1) is 16.4. The summed E-state index contributed by atoms with van der Waals surface area (Å²) in [5.74, 6) is 0.839. The van der Waals surface area contributed by atoms with Gasteiger partial charge >= 0.3 is 5.97 Å². The van der Waals surface area contributed by atoms with Gasteiger partial charge in [-0.2, -0.15) is 0 Å². The van der Waals surface area contributed by atoms with E-state index in [4.69, 9.17) is 19.3 Å². The molecular formula is C26H21BrFNO5. The zero-order chi connectivity index (χ0) is 23.8. The van der Waals surface area contributed by atoms with Gasteiger partial charge in [0, 0.05) is 33.1 Å². The van der Waals surface area contributed by atoms with Crippen LogP contribution in [0.3, 0.4) is 0 Å². The van der Waals surface area contributed by atoms with Crippen LogP contribution in [0.25, 0.3) is 0 Å². The fraction of sp³-hybridized carbons (Fsp3) is 0.231. The maximum Gasteiger partial charge on any atom is 0.304 e. The molecular weight excluding hydrogens is 505 g/mol. The van der Waals surface area contributed by atoms with E-state index in [9.17, 15) is 9.18 Å². The number of ether oxygens (including phenoxy) is 3. The van der Waals surface area contributed by atoms with Gasteiger partial charge in [0.25, 0.3) is 0 Å². The fourth-order valence-corrected chi connectivity index (χ4v) is 4.89.